The molecule has 1 heterocycles. The van der Waals surface area contributed by atoms with E-state index in [2.05, 4.69) is 26.0 Å². The number of rotatable bonds is 8. The first kappa shape index (κ1) is 20.8. The number of carbonyl (C=O) groups is 2. The average molecular weight is 410 g/mol. The molecule has 30 heavy (non-hydrogen) atoms. The lowest BCUT2D eigenvalue weighted by atomic mass is 10.2. The number of ether oxygens (including phenoxy) is 2. The van der Waals surface area contributed by atoms with Gasteiger partial charge in [-0.05, 0) is 31.2 Å². The number of anilines is 1. The summed E-state index contributed by atoms with van der Waals surface area (Å²) in [5.74, 6) is 0.891. The zero-order chi connectivity index (χ0) is 21.3. The van der Waals surface area contributed by atoms with Gasteiger partial charge in [-0.15, -0.1) is 10.2 Å². The van der Waals surface area contributed by atoms with E-state index in [1.54, 1.807) is 18.2 Å². The van der Waals surface area contributed by atoms with Crippen LogP contribution in [0.3, 0.4) is 0 Å². The summed E-state index contributed by atoms with van der Waals surface area (Å²) in [6, 6.07) is 13.5. The standard InChI is InChI=1S/C20H22N6O4/c1-3-29-16-11-10-15(12-17(16)30-4-2)21-20(28)22-18(27)13-26-24-19(23-25-26)14-8-6-5-7-9-14/h5-12H,3-4,13H2,1-2H3,(H2,21,22,27,28). The molecule has 0 unspecified atom stereocenters. The maximum absolute atomic E-state index is 12.1. The monoisotopic (exact) mass is 410 g/mol. The second-order valence-electron chi connectivity index (χ2n) is 6.04. The highest BCUT2D eigenvalue weighted by Crippen LogP contribution is 2.30. The Hall–Kier alpha value is -3.95. The second-order valence-corrected chi connectivity index (χ2v) is 6.04. The minimum atomic E-state index is -0.685. The number of hydrogen-bond donors (Lipinski definition) is 2. The van der Waals surface area contributed by atoms with Gasteiger partial charge in [0.05, 0.1) is 13.2 Å². The van der Waals surface area contributed by atoms with Crippen LogP contribution in [0.4, 0.5) is 10.5 Å². The minimum absolute atomic E-state index is 0.249. The Morgan fingerprint density at radius 2 is 1.73 bits per heavy atom. The predicted octanol–water partition coefficient (Wildman–Crippen LogP) is 2.49. The van der Waals surface area contributed by atoms with Crippen LogP contribution in [0.25, 0.3) is 11.4 Å². The van der Waals surface area contributed by atoms with Crippen LogP contribution in [-0.2, 0) is 11.3 Å². The summed E-state index contributed by atoms with van der Waals surface area (Å²) in [5.41, 5.74) is 1.24. The third kappa shape index (κ3) is 5.53. The largest absolute Gasteiger partial charge is 0.490 e. The second kappa shape index (κ2) is 10.0. The van der Waals surface area contributed by atoms with E-state index in [0.29, 0.717) is 36.2 Å². The molecular formula is C20H22N6O4. The minimum Gasteiger partial charge on any atom is -0.490 e. The Balaban J connectivity index is 1.56. The van der Waals surface area contributed by atoms with Gasteiger partial charge in [0.1, 0.15) is 6.54 Å². The van der Waals surface area contributed by atoms with Crippen LogP contribution >= 0.6 is 0 Å². The van der Waals surface area contributed by atoms with E-state index in [0.717, 1.165) is 10.4 Å². The van der Waals surface area contributed by atoms with Crippen LogP contribution in [0.2, 0.25) is 0 Å². The highest BCUT2D eigenvalue weighted by molar-refractivity contribution is 6.01. The van der Waals surface area contributed by atoms with Crippen molar-refractivity contribution in [1.29, 1.82) is 0 Å². The van der Waals surface area contributed by atoms with Gasteiger partial charge >= 0.3 is 6.03 Å². The predicted molar refractivity (Wildman–Crippen MR) is 109 cm³/mol. The van der Waals surface area contributed by atoms with Crippen LogP contribution in [0, 0.1) is 0 Å². The Bertz CT molecular complexity index is 1010. The first-order valence-corrected chi connectivity index (χ1v) is 9.42. The zero-order valence-corrected chi connectivity index (χ0v) is 16.7. The van der Waals surface area contributed by atoms with Crippen molar-refractivity contribution < 1.29 is 19.1 Å². The average Bonchev–Trinajstić information content (AvgIpc) is 3.19. The van der Waals surface area contributed by atoms with E-state index < -0.39 is 11.9 Å². The molecule has 0 atom stereocenters. The molecule has 0 saturated carbocycles. The smallest absolute Gasteiger partial charge is 0.325 e. The maximum atomic E-state index is 12.1. The van der Waals surface area contributed by atoms with Crippen molar-refractivity contribution in [3.8, 4) is 22.9 Å². The molecule has 2 aromatic carbocycles. The van der Waals surface area contributed by atoms with E-state index in [4.69, 9.17) is 9.47 Å². The van der Waals surface area contributed by atoms with E-state index in [-0.39, 0.29) is 6.54 Å². The molecule has 0 aliphatic heterocycles. The van der Waals surface area contributed by atoms with Crippen molar-refractivity contribution in [2.75, 3.05) is 18.5 Å². The topological polar surface area (TPSA) is 120 Å². The number of nitrogens with one attached hydrogen (secondary N) is 2. The molecule has 3 rings (SSSR count). The summed E-state index contributed by atoms with van der Waals surface area (Å²) in [7, 11) is 0. The quantitative estimate of drug-likeness (QED) is 0.585. The first-order chi connectivity index (χ1) is 14.6. The number of nitrogens with zero attached hydrogens (tertiary/aromatic N) is 4. The fourth-order valence-corrected chi connectivity index (χ4v) is 2.60. The number of urea groups is 1. The van der Waals surface area contributed by atoms with Gasteiger partial charge in [-0.3, -0.25) is 10.1 Å². The van der Waals surface area contributed by atoms with E-state index in [9.17, 15) is 9.59 Å². The van der Waals surface area contributed by atoms with Crippen molar-refractivity contribution in [2.24, 2.45) is 0 Å². The molecule has 1 aromatic heterocycles. The summed E-state index contributed by atoms with van der Waals surface area (Å²) >= 11 is 0. The molecule has 10 heteroatoms. The number of hydrogen-bond acceptors (Lipinski definition) is 7. The number of aromatic nitrogens is 4. The summed E-state index contributed by atoms with van der Waals surface area (Å²) in [4.78, 5) is 25.4. The van der Waals surface area contributed by atoms with Crippen molar-refractivity contribution in [1.82, 2.24) is 25.5 Å². The molecule has 0 aliphatic rings. The normalized spacial score (nSPS) is 10.3. The fraction of sp³-hybridized carbons (Fsp3) is 0.250. The first-order valence-electron chi connectivity index (χ1n) is 9.42. The Labute approximate surface area is 173 Å². The van der Waals surface area contributed by atoms with Gasteiger partial charge in [0.2, 0.25) is 5.82 Å². The fourth-order valence-electron chi connectivity index (χ4n) is 2.60. The van der Waals surface area contributed by atoms with Crippen LogP contribution < -0.4 is 20.1 Å². The molecule has 0 bridgehead atoms. The molecule has 0 radical (unpaired) electrons. The Kier molecular flexibility index (Phi) is 6.93. The van der Waals surface area contributed by atoms with Crippen LogP contribution in [-0.4, -0.2) is 45.4 Å². The SMILES string of the molecule is CCOc1ccc(NC(=O)NC(=O)Cn2nnc(-c3ccccc3)n2)cc1OCC. The molecular weight excluding hydrogens is 388 g/mol. The van der Waals surface area contributed by atoms with Crippen LogP contribution in [0.15, 0.2) is 48.5 Å². The van der Waals surface area contributed by atoms with Gasteiger partial charge in [0, 0.05) is 17.3 Å². The number of amides is 3. The highest BCUT2D eigenvalue weighted by Gasteiger charge is 2.13. The van der Waals surface area contributed by atoms with E-state index in [1.807, 2.05) is 44.2 Å². The zero-order valence-electron chi connectivity index (χ0n) is 16.7. The number of carbonyl (C=O) groups excluding carboxylic acids is 2. The maximum Gasteiger partial charge on any atom is 0.325 e. The lowest BCUT2D eigenvalue weighted by Crippen LogP contribution is -2.37. The van der Waals surface area contributed by atoms with Gasteiger partial charge in [-0.1, -0.05) is 30.3 Å². The molecule has 0 saturated heterocycles. The molecule has 0 fully saturated rings. The molecule has 156 valence electrons. The van der Waals surface area contributed by atoms with Gasteiger partial charge in [-0.2, -0.15) is 4.80 Å². The molecule has 3 amide bonds. The summed E-state index contributed by atoms with van der Waals surface area (Å²) in [6.45, 7) is 4.41. The third-order valence-electron chi connectivity index (χ3n) is 3.82. The number of imide groups is 1. The molecule has 10 nitrogen and oxygen atoms in total. The highest BCUT2D eigenvalue weighted by atomic mass is 16.5. The summed E-state index contributed by atoms with van der Waals surface area (Å²) < 4.78 is 11.0. The van der Waals surface area contributed by atoms with Gasteiger partial charge in [0.25, 0.3) is 5.91 Å². The van der Waals surface area contributed by atoms with Gasteiger partial charge in [-0.25, -0.2) is 4.79 Å². The van der Waals surface area contributed by atoms with E-state index in [1.165, 1.54) is 0 Å². The van der Waals surface area contributed by atoms with Crippen LogP contribution in [0.1, 0.15) is 13.8 Å². The van der Waals surface area contributed by atoms with Crippen molar-refractivity contribution in [3.05, 3.63) is 48.5 Å². The molecule has 3 aromatic rings. The Morgan fingerprint density at radius 1 is 1.00 bits per heavy atom. The van der Waals surface area contributed by atoms with Crippen molar-refractivity contribution >= 4 is 17.6 Å². The summed E-state index contributed by atoms with van der Waals surface area (Å²) in [6.07, 6.45) is 0. The molecule has 0 spiro atoms. The van der Waals surface area contributed by atoms with Gasteiger partial charge in [0.15, 0.2) is 11.5 Å². The van der Waals surface area contributed by atoms with Gasteiger partial charge < -0.3 is 14.8 Å². The third-order valence-corrected chi connectivity index (χ3v) is 3.82. The molecule has 2 N–H and O–H groups in total. The lowest BCUT2D eigenvalue weighted by Gasteiger charge is -2.13. The number of tetrazole rings is 1. The Morgan fingerprint density at radius 3 is 2.47 bits per heavy atom. The lowest BCUT2D eigenvalue weighted by molar-refractivity contribution is -0.120. The van der Waals surface area contributed by atoms with Crippen molar-refractivity contribution in [3.63, 3.8) is 0 Å². The van der Waals surface area contributed by atoms with E-state index >= 15 is 0 Å². The van der Waals surface area contributed by atoms with Crippen molar-refractivity contribution in [2.45, 2.75) is 20.4 Å². The van der Waals surface area contributed by atoms with Crippen LogP contribution in [0.5, 0.6) is 11.5 Å². The summed E-state index contributed by atoms with van der Waals surface area (Å²) in [5, 5.41) is 16.7. The molecule has 0 aliphatic carbocycles. The number of benzene rings is 2.